The van der Waals surface area contributed by atoms with Crippen LogP contribution >= 0.6 is 34.0 Å². The summed E-state index contributed by atoms with van der Waals surface area (Å²) in [5.74, 6) is 0.133. The van der Waals surface area contributed by atoms with E-state index in [1.54, 1.807) is 22.8 Å². The number of carbonyl (C=O) groups excluding carboxylic acids is 2. The predicted octanol–water partition coefficient (Wildman–Crippen LogP) is 4.33. The molecule has 4 aromatic rings. The quantitative estimate of drug-likeness (QED) is 0.396. The number of carbonyl (C=O) groups is 2. The van der Waals surface area contributed by atoms with Crippen LogP contribution in [-0.4, -0.2) is 27.0 Å². The fourth-order valence-electron chi connectivity index (χ4n) is 2.62. The predicted molar refractivity (Wildman–Crippen MR) is 118 cm³/mol. The Morgan fingerprint density at radius 2 is 1.97 bits per heavy atom. The molecule has 0 aliphatic carbocycles. The van der Waals surface area contributed by atoms with Crippen molar-refractivity contribution in [3.8, 4) is 10.6 Å². The Bertz CT molecular complexity index is 1130. The van der Waals surface area contributed by atoms with Crippen LogP contribution in [0.4, 0.5) is 10.9 Å². The zero-order valence-corrected chi connectivity index (χ0v) is 17.8. The van der Waals surface area contributed by atoms with Crippen LogP contribution in [0.15, 0.2) is 41.1 Å². The Labute approximate surface area is 178 Å². The average molecular weight is 444 g/mol. The van der Waals surface area contributed by atoms with Gasteiger partial charge in [0.2, 0.25) is 11.8 Å². The standard InChI is InChI=1S/C19H17N5O2S3/c1-11-4-5-15(29-11)14-9-16(24-23-14)21-17(25)7-12-10-28-19(20-12)22-18(26)8-13-3-2-6-27-13/h2-6,9-10H,7-8H2,1H3,(H,20,22,26)(H2,21,23,24,25). The number of hydrogen-bond acceptors (Lipinski definition) is 7. The van der Waals surface area contributed by atoms with E-state index in [1.165, 1.54) is 27.6 Å². The maximum absolute atomic E-state index is 12.3. The number of H-pyrrole nitrogens is 1. The van der Waals surface area contributed by atoms with E-state index < -0.39 is 0 Å². The second-order valence-corrected chi connectivity index (χ2v) is 9.43. The number of aromatic nitrogens is 3. The van der Waals surface area contributed by atoms with Crippen molar-refractivity contribution in [1.29, 1.82) is 0 Å². The molecule has 4 aromatic heterocycles. The van der Waals surface area contributed by atoms with Gasteiger partial charge in [0.05, 0.1) is 29.1 Å². The second kappa shape index (κ2) is 8.68. The van der Waals surface area contributed by atoms with Gasteiger partial charge in [-0.05, 0) is 30.5 Å². The highest BCUT2D eigenvalue weighted by atomic mass is 32.1. The minimum atomic E-state index is -0.216. The molecule has 4 heterocycles. The van der Waals surface area contributed by atoms with E-state index in [-0.39, 0.29) is 18.2 Å². The van der Waals surface area contributed by atoms with E-state index in [0.717, 1.165) is 15.4 Å². The van der Waals surface area contributed by atoms with Crippen molar-refractivity contribution in [3.05, 3.63) is 56.5 Å². The first kappa shape index (κ1) is 19.5. The van der Waals surface area contributed by atoms with Gasteiger partial charge in [-0.2, -0.15) is 5.10 Å². The molecule has 0 saturated carbocycles. The van der Waals surface area contributed by atoms with E-state index in [0.29, 0.717) is 23.1 Å². The molecular weight excluding hydrogens is 426 g/mol. The Balaban J connectivity index is 1.30. The number of nitrogens with zero attached hydrogens (tertiary/aromatic N) is 2. The SMILES string of the molecule is Cc1ccc(-c2cc(NC(=O)Cc3csc(NC(=O)Cc4cccs4)n3)n[nH]2)s1. The van der Waals surface area contributed by atoms with Crippen molar-refractivity contribution in [2.75, 3.05) is 10.6 Å². The summed E-state index contributed by atoms with van der Waals surface area (Å²) in [5.41, 5.74) is 1.46. The number of aryl methyl sites for hydroxylation is 1. The van der Waals surface area contributed by atoms with Crippen LogP contribution in [-0.2, 0) is 22.4 Å². The van der Waals surface area contributed by atoms with Crippen molar-refractivity contribution in [2.24, 2.45) is 0 Å². The average Bonchev–Trinajstić information content (AvgIpc) is 3.44. The zero-order chi connectivity index (χ0) is 20.2. The first-order valence-corrected chi connectivity index (χ1v) is 11.3. The van der Waals surface area contributed by atoms with Gasteiger partial charge in [-0.1, -0.05) is 6.07 Å². The molecule has 29 heavy (non-hydrogen) atoms. The second-order valence-electron chi connectivity index (χ2n) is 6.25. The van der Waals surface area contributed by atoms with Crippen LogP contribution in [0.3, 0.4) is 0 Å². The van der Waals surface area contributed by atoms with Crippen molar-refractivity contribution < 1.29 is 9.59 Å². The fourth-order valence-corrected chi connectivity index (χ4v) is 4.89. The summed E-state index contributed by atoms with van der Waals surface area (Å²) in [7, 11) is 0. The van der Waals surface area contributed by atoms with Crippen LogP contribution < -0.4 is 10.6 Å². The minimum absolute atomic E-state index is 0.109. The molecule has 0 radical (unpaired) electrons. The number of anilines is 2. The first-order chi connectivity index (χ1) is 14.0. The van der Waals surface area contributed by atoms with Gasteiger partial charge in [0.15, 0.2) is 10.9 Å². The number of nitrogens with one attached hydrogen (secondary N) is 3. The van der Waals surface area contributed by atoms with E-state index in [9.17, 15) is 9.59 Å². The van der Waals surface area contributed by atoms with Crippen LogP contribution in [0.5, 0.6) is 0 Å². The van der Waals surface area contributed by atoms with Gasteiger partial charge < -0.3 is 10.6 Å². The Hall–Kier alpha value is -2.82. The number of aromatic amines is 1. The molecule has 0 unspecified atom stereocenters. The molecule has 2 amide bonds. The highest BCUT2D eigenvalue weighted by Crippen LogP contribution is 2.27. The first-order valence-electron chi connectivity index (χ1n) is 8.74. The van der Waals surface area contributed by atoms with Gasteiger partial charge in [0.25, 0.3) is 0 Å². The van der Waals surface area contributed by atoms with Crippen molar-refractivity contribution in [2.45, 2.75) is 19.8 Å². The van der Waals surface area contributed by atoms with Crippen LogP contribution in [0.2, 0.25) is 0 Å². The summed E-state index contributed by atoms with van der Waals surface area (Å²) >= 11 is 4.50. The molecule has 0 saturated heterocycles. The highest BCUT2D eigenvalue weighted by molar-refractivity contribution is 7.15. The maximum Gasteiger partial charge on any atom is 0.231 e. The summed E-state index contributed by atoms with van der Waals surface area (Å²) < 4.78 is 0. The molecule has 3 N–H and O–H groups in total. The third-order valence-corrected chi connectivity index (χ3v) is 6.62. The molecule has 0 spiro atoms. The minimum Gasteiger partial charge on any atom is -0.309 e. The third-order valence-electron chi connectivity index (χ3n) is 3.91. The Kier molecular flexibility index (Phi) is 5.84. The molecule has 7 nitrogen and oxygen atoms in total. The molecule has 0 atom stereocenters. The number of thiophene rings is 2. The lowest BCUT2D eigenvalue weighted by Gasteiger charge is -2.00. The van der Waals surface area contributed by atoms with Crippen LogP contribution in [0, 0.1) is 6.92 Å². The molecule has 4 rings (SSSR count). The molecule has 148 valence electrons. The maximum atomic E-state index is 12.3. The number of rotatable bonds is 7. The Morgan fingerprint density at radius 3 is 2.72 bits per heavy atom. The van der Waals surface area contributed by atoms with Crippen molar-refractivity contribution >= 4 is 56.8 Å². The monoisotopic (exact) mass is 443 g/mol. The summed E-state index contributed by atoms with van der Waals surface area (Å²) in [6.45, 7) is 2.04. The Morgan fingerprint density at radius 1 is 1.10 bits per heavy atom. The molecule has 0 aromatic carbocycles. The topological polar surface area (TPSA) is 99.8 Å². The normalized spacial score (nSPS) is 10.8. The van der Waals surface area contributed by atoms with Gasteiger partial charge >= 0.3 is 0 Å². The van der Waals surface area contributed by atoms with Gasteiger partial charge in [0, 0.05) is 21.2 Å². The summed E-state index contributed by atoms with van der Waals surface area (Å²) in [4.78, 5) is 31.9. The molecule has 10 heteroatoms. The fraction of sp³-hybridized carbons (Fsp3) is 0.158. The van der Waals surface area contributed by atoms with E-state index >= 15 is 0 Å². The van der Waals surface area contributed by atoms with E-state index in [2.05, 4.69) is 25.8 Å². The van der Waals surface area contributed by atoms with Gasteiger partial charge in [0.1, 0.15) is 0 Å². The molecule has 0 bridgehead atoms. The molecular formula is C19H17N5O2S3. The van der Waals surface area contributed by atoms with Gasteiger partial charge in [-0.25, -0.2) is 4.98 Å². The van der Waals surface area contributed by atoms with E-state index in [4.69, 9.17) is 0 Å². The largest absolute Gasteiger partial charge is 0.309 e. The summed E-state index contributed by atoms with van der Waals surface area (Å²) in [6, 6.07) is 9.69. The van der Waals surface area contributed by atoms with E-state index in [1.807, 2.05) is 36.6 Å². The van der Waals surface area contributed by atoms with Crippen molar-refractivity contribution in [3.63, 3.8) is 0 Å². The van der Waals surface area contributed by atoms with Gasteiger partial charge in [-0.15, -0.1) is 34.0 Å². The molecule has 0 fully saturated rings. The number of thiazole rings is 1. The number of hydrogen-bond donors (Lipinski definition) is 3. The number of amides is 2. The lowest BCUT2D eigenvalue weighted by Crippen LogP contribution is -2.15. The molecule has 0 aliphatic heterocycles. The summed E-state index contributed by atoms with van der Waals surface area (Å²) in [5, 5.41) is 16.8. The molecule has 0 aliphatic rings. The lowest BCUT2D eigenvalue weighted by atomic mass is 10.3. The van der Waals surface area contributed by atoms with Crippen LogP contribution in [0.25, 0.3) is 10.6 Å². The highest BCUT2D eigenvalue weighted by Gasteiger charge is 2.13. The third kappa shape index (κ3) is 5.17. The van der Waals surface area contributed by atoms with Crippen molar-refractivity contribution in [1.82, 2.24) is 15.2 Å². The van der Waals surface area contributed by atoms with Gasteiger partial charge in [-0.3, -0.25) is 14.7 Å². The zero-order valence-electron chi connectivity index (χ0n) is 15.4. The summed E-state index contributed by atoms with van der Waals surface area (Å²) in [6.07, 6.45) is 0.427. The smallest absolute Gasteiger partial charge is 0.231 e. The van der Waals surface area contributed by atoms with Crippen LogP contribution in [0.1, 0.15) is 15.4 Å². The lowest BCUT2D eigenvalue weighted by molar-refractivity contribution is -0.116.